The predicted octanol–water partition coefficient (Wildman–Crippen LogP) is 3.29. The number of aromatic nitrogens is 2. The molecular formula is C13H23N3. The number of hydrogen-bond acceptors (Lipinski definition) is 2. The second kappa shape index (κ2) is 5.92. The Bertz CT molecular complexity index is 302. The van der Waals surface area contributed by atoms with Crippen LogP contribution < -0.4 is 5.32 Å². The highest BCUT2D eigenvalue weighted by molar-refractivity contribution is 5.25. The van der Waals surface area contributed by atoms with Gasteiger partial charge in [0.1, 0.15) is 0 Å². The monoisotopic (exact) mass is 221 g/mol. The second-order valence-corrected chi connectivity index (χ2v) is 4.81. The van der Waals surface area contributed by atoms with E-state index >= 15 is 0 Å². The van der Waals surface area contributed by atoms with Gasteiger partial charge in [-0.1, -0.05) is 26.2 Å². The summed E-state index contributed by atoms with van der Waals surface area (Å²) >= 11 is 0. The first-order valence-electron chi connectivity index (χ1n) is 6.65. The summed E-state index contributed by atoms with van der Waals surface area (Å²) in [5.41, 5.74) is 0. The minimum absolute atomic E-state index is 1.04. The highest BCUT2D eigenvalue weighted by atomic mass is 15.2. The van der Waals surface area contributed by atoms with E-state index in [0.717, 1.165) is 25.0 Å². The molecule has 0 radical (unpaired) electrons. The molecule has 1 aliphatic carbocycles. The number of unbranched alkanes of at least 4 members (excludes halogenated alkanes) is 1. The Morgan fingerprint density at radius 1 is 1.44 bits per heavy atom. The molecule has 0 bridgehead atoms. The molecule has 1 heterocycles. The maximum atomic E-state index is 4.35. The van der Waals surface area contributed by atoms with Gasteiger partial charge in [0, 0.05) is 25.5 Å². The maximum absolute atomic E-state index is 4.35. The summed E-state index contributed by atoms with van der Waals surface area (Å²) in [6.07, 6.45) is 12.0. The molecule has 1 N–H and O–H groups in total. The van der Waals surface area contributed by atoms with Crippen LogP contribution >= 0.6 is 0 Å². The Balaban J connectivity index is 1.67. The van der Waals surface area contributed by atoms with Crippen LogP contribution in [0.3, 0.4) is 0 Å². The minimum Gasteiger partial charge on any atom is -0.356 e. The van der Waals surface area contributed by atoms with Crippen molar-refractivity contribution >= 4 is 5.95 Å². The molecule has 16 heavy (non-hydrogen) atoms. The number of imidazole rings is 1. The summed E-state index contributed by atoms with van der Waals surface area (Å²) in [6.45, 7) is 4.38. The summed E-state index contributed by atoms with van der Waals surface area (Å²) in [6, 6.07) is 0. The molecule has 90 valence electrons. The van der Waals surface area contributed by atoms with Crippen molar-refractivity contribution in [1.82, 2.24) is 9.55 Å². The molecule has 1 fully saturated rings. The average Bonchev–Trinajstić information content (AvgIpc) is 3.01. The summed E-state index contributed by atoms with van der Waals surface area (Å²) in [4.78, 5) is 4.35. The van der Waals surface area contributed by atoms with E-state index < -0.39 is 0 Å². The number of anilines is 1. The van der Waals surface area contributed by atoms with Gasteiger partial charge in [-0.2, -0.15) is 0 Å². The summed E-state index contributed by atoms with van der Waals surface area (Å²) in [5.74, 6) is 2.09. The van der Waals surface area contributed by atoms with Crippen LogP contribution in [0.5, 0.6) is 0 Å². The Labute approximate surface area is 98.3 Å². The molecule has 3 nitrogen and oxygen atoms in total. The van der Waals surface area contributed by atoms with Gasteiger partial charge in [0.2, 0.25) is 5.95 Å². The van der Waals surface area contributed by atoms with Crippen LogP contribution in [0.2, 0.25) is 0 Å². The van der Waals surface area contributed by atoms with Gasteiger partial charge in [-0.15, -0.1) is 0 Å². The second-order valence-electron chi connectivity index (χ2n) is 4.81. The first-order valence-corrected chi connectivity index (χ1v) is 6.65. The third kappa shape index (κ3) is 3.54. The van der Waals surface area contributed by atoms with E-state index in [1.165, 1.54) is 38.5 Å². The quantitative estimate of drug-likeness (QED) is 0.683. The van der Waals surface area contributed by atoms with E-state index in [1.807, 2.05) is 6.20 Å². The summed E-state index contributed by atoms with van der Waals surface area (Å²) in [5, 5.41) is 3.44. The van der Waals surface area contributed by atoms with Crippen LogP contribution in [0.1, 0.15) is 45.4 Å². The van der Waals surface area contributed by atoms with Crippen molar-refractivity contribution in [2.24, 2.45) is 5.92 Å². The van der Waals surface area contributed by atoms with Gasteiger partial charge in [0.25, 0.3) is 0 Å². The first kappa shape index (κ1) is 11.5. The van der Waals surface area contributed by atoms with Crippen LogP contribution in [0.25, 0.3) is 0 Å². The van der Waals surface area contributed by atoms with Gasteiger partial charge in [-0.25, -0.2) is 4.98 Å². The fourth-order valence-corrected chi connectivity index (χ4v) is 1.98. The number of aryl methyl sites for hydroxylation is 1. The van der Waals surface area contributed by atoms with E-state index in [2.05, 4.69) is 28.0 Å². The van der Waals surface area contributed by atoms with Crippen molar-refractivity contribution in [1.29, 1.82) is 0 Å². The number of nitrogens with one attached hydrogen (secondary N) is 1. The summed E-state index contributed by atoms with van der Waals surface area (Å²) < 4.78 is 2.22. The predicted molar refractivity (Wildman–Crippen MR) is 67.6 cm³/mol. The molecule has 1 aromatic heterocycles. The smallest absolute Gasteiger partial charge is 0.202 e. The standard InChI is InChI=1S/C13H23N3/c1-2-3-10-16-11-9-15-13(16)14-8-4-5-12-6-7-12/h9,11-12H,2-8,10H2,1H3,(H,14,15). The van der Waals surface area contributed by atoms with Crippen LogP contribution in [0.15, 0.2) is 12.4 Å². The summed E-state index contributed by atoms with van der Waals surface area (Å²) in [7, 11) is 0. The third-order valence-corrected chi connectivity index (χ3v) is 3.24. The van der Waals surface area contributed by atoms with Crippen LogP contribution in [0, 0.1) is 5.92 Å². The van der Waals surface area contributed by atoms with Crippen molar-refractivity contribution in [3.8, 4) is 0 Å². The molecule has 1 aliphatic rings. The normalized spacial score (nSPS) is 15.3. The van der Waals surface area contributed by atoms with Gasteiger partial charge >= 0.3 is 0 Å². The molecule has 1 aromatic rings. The lowest BCUT2D eigenvalue weighted by molar-refractivity contribution is 0.630. The van der Waals surface area contributed by atoms with E-state index in [-0.39, 0.29) is 0 Å². The fraction of sp³-hybridized carbons (Fsp3) is 0.769. The van der Waals surface area contributed by atoms with Crippen molar-refractivity contribution in [2.75, 3.05) is 11.9 Å². The molecule has 0 unspecified atom stereocenters. The molecule has 0 saturated heterocycles. The lowest BCUT2D eigenvalue weighted by Crippen LogP contribution is -2.09. The van der Waals surface area contributed by atoms with Gasteiger partial charge < -0.3 is 9.88 Å². The van der Waals surface area contributed by atoms with Crippen LogP contribution in [-0.4, -0.2) is 16.1 Å². The van der Waals surface area contributed by atoms with Crippen LogP contribution in [-0.2, 0) is 6.54 Å². The Morgan fingerprint density at radius 2 is 2.31 bits per heavy atom. The molecule has 1 saturated carbocycles. The molecular weight excluding hydrogens is 198 g/mol. The molecule has 0 spiro atoms. The van der Waals surface area contributed by atoms with Gasteiger partial charge in [-0.05, 0) is 25.2 Å². The third-order valence-electron chi connectivity index (χ3n) is 3.24. The van der Waals surface area contributed by atoms with Crippen molar-refractivity contribution in [2.45, 2.75) is 52.0 Å². The lowest BCUT2D eigenvalue weighted by Gasteiger charge is -2.08. The van der Waals surface area contributed by atoms with Crippen LogP contribution in [0.4, 0.5) is 5.95 Å². The number of nitrogens with zero attached hydrogens (tertiary/aromatic N) is 2. The van der Waals surface area contributed by atoms with Gasteiger partial charge in [-0.3, -0.25) is 0 Å². The van der Waals surface area contributed by atoms with E-state index in [1.54, 1.807) is 0 Å². The Kier molecular flexibility index (Phi) is 4.25. The van der Waals surface area contributed by atoms with Crippen molar-refractivity contribution in [3.05, 3.63) is 12.4 Å². The van der Waals surface area contributed by atoms with E-state index in [0.29, 0.717) is 0 Å². The van der Waals surface area contributed by atoms with Gasteiger partial charge in [0.05, 0.1) is 0 Å². The van der Waals surface area contributed by atoms with Crippen molar-refractivity contribution in [3.63, 3.8) is 0 Å². The number of rotatable bonds is 8. The zero-order valence-electron chi connectivity index (χ0n) is 10.3. The Morgan fingerprint density at radius 3 is 3.06 bits per heavy atom. The molecule has 0 amide bonds. The minimum atomic E-state index is 1.04. The molecule has 0 atom stereocenters. The lowest BCUT2D eigenvalue weighted by atomic mass is 10.2. The largest absolute Gasteiger partial charge is 0.356 e. The first-order chi connectivity index (χ1) is 7.90. The van der Waals surface area contributed by atoms with E-state index in [4.69, 9.17) is 0 Å². The zero-order valence-corrected chi connectivity index (χ0v) is 10.3. The maximum Gasteiger partial charge on any atom is 0.202 e. The van der Waals surface area contributed by atoms with Crippen molar-refractivity contribution < 1.29 is 0 Å². The van der Waals surface area contributed by atoms with E-state index in [9.17, 15) is 0 Å². The fourth-order valence-electron chi connectivity index (χ4n) is 1.98. The highest BCUT2D eigenvalue weighted by Crippen LogP contribution is 2.33. The van der Waals surface area contributed by atoms with Gasteiger partial charge in [0.15, 0.2) is 0 Å². The Hall–Kier alpha value is -0.990. The topological polar surface area (TPSA) is 29.9 Å². The highest BCUT2D eigenvalue weighted by Gasteiger charge is 2.19. The molecule has 0 aliphatic heterocycles. The SMILES string of the molecule is CCCCn1ccnc1NCCCC1CC1. The average molecular weight is 221 g/mol. The molecule has 3 heteroatoms. The molecule has 0 aromatic carbocycles. The zero-order chi connectivity index (χ0) is 11.2. The number of hydrogen-bond donors (Lipinski definition) is 1. The molecule has 2 rings (SSSR count).